The van der Waals surface area contributed by atoms with Gasteiger partial charge in [-0.2, -0.15) is 13.2 Å². The molecule has 2 aromatic rings. The molecule has 0 N–H and O–H groups in total. The molecule has 27 heavy (non-hydrogen) atoms. The van der Waals surface area contributed by atoms with Gasteiger partial charge in [-0.05, 0) is 30.7 Å². The molecule has 1 aromatic carbocycles. The summed E-state index contributed by atoms with van der Waals surface area (Å²) >= 11 is 0. The number of carbonyl (C=O) groups is 1. The van der Waals surface area contributed by atoms with Gasteiger partial charge >= 0.3 is 6.18 Å². The highest BCUT2D eigenvalue weighted by Gasteiger charge is 2.39. The van der Waals surface area contributed by atoms with Gasteiger partial charge in [-0.15, -0.1) is 0 Å². The Hall–Kier alpha value is -2.71. The van der Waals surface area contributed by atoms with E-state index in [1.54, 1.807) is 4.90 Å². The fraction of sp³-hybridized carbons (Fsp3) is 0.333. The minimum Gasteiger partial charge on any atom is -0.352 e. The van der Waals surface area contributed by atoms with Crippen molar-refractivity contribution in [3.63, 3.8) is 0 Å². The van der Waals surface area contributed by atoms with E-state index in [2.05, 4.69) is 4.98 Å². The zero-order valence-electron chi connectivity index (χ0n) is 14.1. The molecule has 1 aromatic heterocycles. The number of alkyl halides is 3. The second-order valence-corrected chi connectivity index (χ2v) is 6.10. The predicted octanol–water partition coefficient (Wildman–Crippen LogP) is 3.73. The lowest BCUT2D eigenvalue weighted by Gasteiger charge is -2.24. The quantitative estimate of drug-likeness (QED) is 0.740. The molecule has 0 radical (unpaired) electrons. The summed E-state index contributed by atoms with van der Waals surface area (Å²) in [5.41, 5.74) is -2.29. The van der Waals surface area contributed by atoms with Crippen LogP contribution in [0.3, 0.4) is 0 Å². The molecule has 0 atom stereocenters. The second kappa shape index (κ2) is 7.50. The summed E-state index contributed by atoms with van der Waals surface area (Å²) < 4.78 is 67.2. The van der Waals surface area contributed by atoms with Gasteiger partial charge in [-0.25, -0.2) is 13.8 Å². The second-order valence-electron chi connectivity index (χ2n) is 6.10. The Morgan fingerprint density at radius 2 is 1.70 bits per heavy atom. The van der Waals surface area contributed by atoms with Crippen molar-refractivity contribution >= 4 is 11.7 Å². The number of anilines is 1. The number of amides is 1. The van der Waals surface area contributed by atoms with Gasteiger partial charge in [0.1, 0.15) is 11.4 Å². The molecule has 1 amide bonds. The van der Waals surface area contributed by atoms with Crippen molar-refractivity contribution in [3.05, 3.63) is 59.3 Å². The third-order valence-corrected chi connectivity index (χ3v) is 4.35. The van der Waals surface area contributed by atoms with Crippen molar-refractivity contribution in [3.8, 4) is 0 Å². The molecule has 0 unspecified atom stereocenters. The van der Waals surface area contributed by atoms with E-state index in [9.17, 15) is 26.7 Å². The maximum absolute atomic E-state index is 13.9. The lowest BCUT2D eigenvalue weighted by molar-refractivity contribution is -0.140. The van der Waals surface area contributed by atoms with Gasteiger partial charge in [0.15, 0.2) is 11.6 Å². The average molecular weight is 385 g/mol. The summed E-state index contributed by atoms with van der Waals surface area (Å²) in [6.45, 7) is 0.851. The Labute approximate surface area is 152 Å². The van der Waals surface area contributed by atoms with Gasteiger partial charge in [-0.1, -0.05) is 6.07 Å². The van der Waals surface area contributed by atoms with Crippen molar-refractivity contribution in [2.75, 3.05) is 31.1 Å². The first-order valence-electron chi connectivity index (χ1n) is 8.29. The molecule has 9 heteroatoms. The minimum atomic E-state index is -4.98. The van der Waals surface area contributed by atoms with Crippen LogP contribution >= 0.6 is 0 Å². The molecule has 0 aliphatic carbocycles. The number of carbonyl (C=O) groups excluding carboxylic acids is 1. The Morgan fingerprint density at radius 1 is 0.963 bits per heavy atom. The van der Waals surface area contributed by atoms with Crippen molar-refractivity contribution < 1.29 is 26.7 Å². The highest BCUT2D eigenvalue weighted by atomic mass is 19.4. The van der Waals surface area contributed by atoms with Gasteiger partial charge < -0.3 is 9.80 Å². The topological polar surface area (TPSA) is 36.4 Å². The van der Waals surface area contributed by atoms with E-state index in [0.717, 1.165) is 12.1 Å². The Bertz CT molecular complexity index is 840. The van der Waals surface area contributed by atoms with Gasteiger partial charge in [0, 0.05) is 32.4 Å². The SMILES string of the molecule is O=C(c1cccc(F)c1C(F)(F)F)N1CCCN(c2ncccc2F)CC1. The van der Waals surface area contributed by atoms with Crippen molar-refractivity contribution in [1.82, 2.24) is 9.88 Å². The van der Waals surface area contributed by atoms with E-state index >= 15 is 0 Å². The lowest BCUT2D eigenvalue weighted by atomic mass is 10.0. The Morgan fingerprint density at radius 3 is 2.41 bits per heavy atom. The molecule has 2 heterocycles. The summed E-state index contributed by atoms with van der Waals surface area (Å²) in [5, 5.41) is 0. The van der Waals surface area contributed by atoms with E-state index in [-0.39, 0.29) is 25.5 Å². The number of rotatable bonds is 2. The number of hydrogen-bond acceptors (Lipinski definition) is 3. The molecule has 3 rings (SSSR count). The summed E-state index contributed by atoms with van der Waals surface area (Å²) in [6, 6.07) is 5.43. The lowest BCUT2D eigenvalue weighted by Crippen LogP contribution is -2.36. The van der Waals surface area contributed by atoms with E-state index in [0.29, 0.717) is 19.0 Å². The molecular formula is C18H16F5N3O. The number of hydrogen-bond donors (Lipinski definition) is 0. The Balaban J connectivity index is 1.82. The normalized spacial score (nSPS) is 15.6. The molecule has 1 saturated heterocycles. The van der Waals surface area contributed by atoms with Crippen LogP contribution in [-0.4, -0.2) is 42.0 Å². The monoisotopic (exact) mass is 385 g/mol. The fourth-order valence-corrected chi connectivity index (χ4v) is 3.10. The average Bonchev–Trinajstić information content (AvgIpc) is 2.86. The molecule has 0 bridgehead atoms. The first kappa shape index (κ1) is 19.1. The maximum Gasteiger partial charge on any atom is 0.420 e. The Kier molecular flexibility index (Phi) is 5.29. The van der Waals surface area contributed by atoms with Crippen LogP contribution in [0.15, 0.2) is 36.5 Å². The molecule has 144 valence electrons. The van der Waals surface area contributed by atoms with Crippen molar-refractivity contribution in [2.24, 2.45) is 0 Å². The van der Waals surface area contributed by atoms with E-state index in [4.69, 9.17) is 0 Å². The van der Waals surface area contributed by atoms with Crippen LogP contribution in [0.5, 0.6) is 0 Å². The molecule has 0 saturated carbocycles. The van der Waals surface area contributed by atoms with Crippen molar-refractivity contribution in [2.45, 2.75) is 12.6 Å². The van der Waals surface area contributed by atoms with Crippen LogP contribution in [0.25, 0.3) is 0 Å². The van der Waals surface area contributed by atoms with Gasteiger partial charge in [0.25, 0.3) is 5.91 Å². The fourth-order valence-electron chi connectivity index (χ4n) is 3.10. The molecule has 1 aliphatic rings. The maximum atomic E-state index is 13.9. The number of nitrogens with zero attached hydrogens (tertiary/aromatic N) is 3. The van der Waals surface area contributed by atoms with E-state index < -0.39 is 34.8 Å². The standard InChI is InChI=1S/C18H16F5N3O/c19-13-5-1-4-12(15(13)18(21,22)23)17(27)26-9-3-8-25(10-11-26)16-14(20)6-2-7-24-16/h1-2,4-7H,3,8-11H2. The highest BCUT2D eigenvalue weighted by Crippen LogP contribution is 2.34. The molecule has 1 aliphatic heterocycles. The zero-order valence-corrected chi connectivity index (χ0v) is 14.1. The first-order chi connectivity index (χ1) is 12.8. The molecule has 4 nitrogen and oxygen atoms in total. The molecule has 0 spiro atoms. The largest absolute Gasteiger partial charge is 0.420 e. The van der Waals surface area contributed by atoms with Crippen LogP contribution < -0.4 is 4.90 Å². The third kappa shape index (κ3) is 4.01. The van der Waals surface area contributed by atoms with Gasteiger partial charge in [0.2, 0.25) is 0 Å². The highest BCUT2D eigenvalue weighted by molar-refractivity contribution is 5.96. The third-order valence-electron chi connectivity index (χ3n) is 4.35. The summed E-state index contributed by atoms with van der Waals surface area (Å²) in [4.78, 5) is 19.5. The predicted molar refractivity (Wildman–Crippen MR) is 88.3 cm³/mol. The van der Waals surface area contributed by atoms with Gasteiger partial charge in [-0.3, -0.25) is 4.79 Å². The van der Waals surface area contributed by atoms with Gasteiger partial charge in [0.05, 0.1) is 5.56 Å². The van der Waals surface area contributed by atoms with Crippen LogP contribution in [0.2, 0.25) is 0 Å². The summed E-state index contributed by atoms with van der Waals surface area (Å²) in [7, 11) is 0. The van der Waals surface area contributed by atoms with Crippen LogP contribution in [0.1, 0.15) is 22.3 Å². The summed E-state index contributed by atoms with van der Waals surface area (Å²) in [5.74, 6) is -2.76. The number of aromatic nitrogens is 1. The molecular weight excluding hydrogens is 369 g/mol. The number of benzene rings is 1. The first-order valence-corrected chi connectivity index (χ1v) is 8.29. The zero-order chi connectivity index (χ0) is 19.6. The van der Waals surface area contributed by atoms with Crippen molar-refractivity contribution in [1.29, 1.82) is 0 Å². The van der Waals surface area contributed by atoms with E-state index in [1.807, 2.05) is 0 Å². The smallest absolute Gasteiger partial charge is 0.352 e. The number of pyridine rings is 1. The van der Waals surface area contributed by atoms with Crippen LogP contribution in [0, 0.1) is 11.6 Å². The number of halogens is 5. The minimum absolute atomic E-state index is 0.0721. The summed E-state index contributed by atoms with van der Waals surface area (Å²) in [6.07, 6.45) is -3.13. The van der Waals surface area contributed by atoms with Crippen LogP contribution in [0.4, 0.5) is 27.8 Å². The van der Waals surface area contributed by atoms with Crippen LogP contribution in [-0.2, 0) is 6.18 Å². The van der Waals surface area contributed by atoms with E-state index in [1.165, 1.54) is 23.2 Å². The molecule has 1 fully saturated rings.